The molecule has 1 aliphatic carbocycles. The van der Waals surface area contributed by atoms with Crippen LogP contribution in [0.15, 0.2) is 23.3 Å². The highest BCUT2D eigenvalue weighted by molar-refractivity contribution is 7.12. The minimum atomic E-state index is -0.0614. The Morgan fingerprint density at radius 3 is 2.77 bits per heavy atom. The second kappa shape index (κ2) is 7.05. The number of nitrogens with zero attached hydrogens (tertiary/aromatic N) is 1. The Labute approximate surface area is 136 Å². The lowest BCUT2D eigenvalue weighted by Crippen LogP contribution is -2.27. The zero-order valence-electron chi connectivity index (χ0n) is 13.8. The van der Waals surface area contributed by atoms with Crippen LogP contribution in [0, 0.1) is 12.8 Å². The summed E-state index contributed by atoms with van der Waals surface area (Å²) in [6.07, 6.45) is 7.26. The Kier molecular flexibility index (Phi) is 5.35. The Hall–Kier alpha value is -1.68. The second-order valence-corrected chi connectivity index (χ2v) is 7.20. The summed E-state index contributed by atoms with van der Waals surface area (Å²) >= 11 is 1.89. The molecular weight excluding hydrogens is 292 g/mol. The molecule has 0 spiro atoms. The van der Waals surface area contributed by atoms with E-state index in [0.29, 0.717) is 5.70 Å². The van der Waals surface area contributed by atoms with Gasteiger partial charge in [-0.1, -0.05) is 26.5 Å². The number of hydrogen-bond donors (Lipinski definition) is 1. The summed E-state index contributed by atoms with van der Waals surface area (Å²) in [5.74, 6) is -0.0974. The standard InChI is InChI=1S/C18H24N2OS/c1-6-15(19-10-12(4)20-18(21)11(2)3)17-13(5)22-16-9-7-8-14(16)17/h6,10-11H,4,7-9H2,1-3,5H3,(H,20,21)/b15-6-,19-10?. The average molecular weight is 316 g/mol. The molecule has 0 unspecified atom stereocenters. The number of hydrogen-bond acceptors (Lipinski definition) is 3. The zero-order valence-corrected chi connectivity index (χ0v) is 14.6. The maximum absolute atomic E-state index is 11.7. The molecule has 0 radical (unpaired) electrons. The van der Waals surface area contributed by atoms with Crippen LogP contribution in [0.25, 0.3) is 5.70 Å². The minimum Gasteiger partial charge on any atom is -0.325 e. The molecule has 0 aliphatic heterocycles. The van der Waals surface area contributed by atoms with Gasteiger partial charge in [0.2, 0.25) is 5.91 Å². The Morgan fingerprint density at radius 1 is 1.41 bits per heavy atom. The van der Waals surface area contributed by atoms with Crippen molar-refractivity contribution in [2.75, 3.05) is 0 Å². The van der Waals surface area contributed by atoms with Crippen LogP contribution in [0.4, 0.5) is 0 Å². The van der Waals surface area contributed by atoms with E-state index in [9.17, 15) is 4.79 Å². The minimum absolute atomic E-state index is 0.0360. The number of thiophene rings is 1. The molecular formula is C18H24N2OS. The van der Waals surface area contributed by atoms with Crippen molar-refractivity contribution in [3.63, 3.8) is 0 Å². The topological polar surface area (TPSA) is 41.5 Å². The first-order chi connectivity index (χ1) is 10.4. The molecule has 0 fully saturated rings. The molecule has 0 saturated heterocycles. The van der Waals surface area contributed by atoms with E-state index in [1.54, 1.807) is 6.21 Å². The number of carbonyl (C=O) groups is 1. The first kappa shape index (κ1) is 16.7. The Bertz CT molecular complexity index is 650. The lowest BCUT2D eigenvalue weighted by Gasteiger charge is -2.08. The van der Waals surface area contributed by atoms with Crippen LogP contribution in [-0.2, 0) is 17.6 Å². The number of rotatable bonds is 5. The van der Waals surface area contributed by atoms with Crippen molar-refractivity contribution in [1.82, 2.24) is 5.32 Å². The van der Waals surface area contributed by atoms with Gasteiger partial charge in [0.25, 0.3) is 0 Å². The summed E-state index contributed by atoms with van der Waals surface area (Å²) in [6.45, 7) is 11.7. The molecule has 0 bridgehead atoms. The third-order valence-electron chi connectivity index (χ3n) is 3.79. The predicted octanol–water partition coefficient (Wildman–Crippen LogP) is 4.26. The summed E-state index contributed by atoms with van der Waals surface area (Å²) in [5.41, 5.74) is 4.24. The lowest BCUT2D eigenvalue weighted by atomic mass is 10.1. The van der Waals surface area contributed by atoms with Crippen molar-refractivity contribution < 1.29 is 4.79 Å². The molecule has 1 aromatic rings. The van der Waals surface area contributed by atoms with Crippen molar-refractivity contribution >= 4 is 29.2 Å². The fourth-order valence-electron chi connectivity index (χ4n) is 2.64. The molecule has 3 nitrogen and oxygen atoms in total. The van der Waals surface area contributed by atoms with E-state index in [1.807, 2.05) is 38.2 Å². The molecule has 1 amide bonds. The van der Waals surface area contributed by atoms with Gasteiger partial charge in [0.15, 0.2) is 0 Å². The van der Waals surface area contributed by atoms with Gasteiger partial charge in [0.05, 0.1) is 17.6 Å². The fraction of sp³-hybridized carbons (Fsp3) is 0.444. The normalized spacial score (nSPS) is 14.7. The molecule has 2 rings (SSSR count). The number of allylic oxidation sites excluding steroid dienone is 2. The van der Waals surface area contributed by atoms with Crippen LogP contribution in [0.2, 0.25) is 0 Å². The van der Waals surface area contributed by atoms with Crippen LogP contribution in [0.5, 0.6) is 0 Å². The van der Waals surface area contributed by atoms with E-state index in [4.69, 9.17) is 0 Å². The summed E-state index contributed by atoms with van der Waals surface area (Å²) in [4.78, 5) is 19.1. The summed E-state index contributed by atoms with van der Waals surface area (Å²) < 4.78 is 0. The number of aliphatic imine (C=N–C) groups is 1. The first-order valence-corrected chi connectivity index (χ1v) is 8.57. The van der Waals surface area contributed by atoms with Gasteiger partial charge in [-0.25, -0.2) is 0 Å². The number of nitrogens with one attached hydrogen (secondary N) is 1. The van der Waals surface area contributed by atoms with Gasteiger partial charge in [0, 0.05) is 21.2 Å². The number of amides is 1. The molecule has 1 aliphatic rings. The van der Waals surface area contributed by atoms with E-state index >= 15 is 0 Å². The Morgan fingerprint density at radius 2 is 2.14 bits per heavy atom. The van der Waals surface area contributed by atoms with Gasteiger partial charge >= 0.3 is 0 Å². The van der Waals surface area contributed by atoms with E-state index in [-0.39, 0.29) is 11.8 Å². The Balaban J connectivity index is 2.16. The van der Waals surface area contributed by atoms with Crippen LogP contribution < -0.4 is 5.32 Å². The van der Waals surface area contributed by atoms with Gasteiger partial charge in [0.1, 0.15) is 0 Å². The molecule has 0 saturated carbocycles. The molecule has 1 aromatic heterocycles. The second-order valence-electron chi connectivity index (χ2n) is 5.89. The quantitative estimate of drug-likeness (QED) is 0.810. The van der Waals surface area contributed by atoms with Crippen molar-refractivity contribution in [2.45, 2.75) is 47.0 Å². The van der Waals surface area contributed by atoms with Crippen molar-refractivity contribution in [3.8, 4) is 0 Å². The highest BCUT2D eigenvalue weighted by atomic mass is 32.1. The number of carbonyl (C=O) groups excluding carboxylic acids is 1. The highest BCUT2D eigenvalue weighted by Crippen LogP contribution is 2.39. The van der Waals surface area contributed by atoms with Gasteiger partial charge in [-0.15, -0.1) is 11.3 Å². The van der Waals surface area contributed by atoms with E-state index in [2.05, 4.69) is 23.8 Å². The number of fused-ring (bicyclic) bond motifs is 1. The summed E-state index contributed by atoms with van der Waals surface area (Å²) in [5, 5.41) is 2.76. The maximum Gasteiger partial charge on any atom is 0.226 e. The van der Waals surface area contributed by atoms with Crippen LogP contribution in [0.3, 0.4) is 0 Å². The highest BCUT2D eigenvalue weighted by Gasteiger charge is 2.21. The SMILES string of the molecule is C=C(C=N/C(=C\C)c1c(C)sc2c1CCC2)NC(=O)C(C)C. The van der Waals surface area contributed by atoms with Crippen LogP contribution in [-0.4, -0.2) is 12.1 Å². The van der Waals surface area contributed by atoms with Crippen LogP contribution >= 0.6 is 11.3 Å². The van der Waals surface area contributed by atoms with Gasteiger partial charge < -0.3 is 5.32 Å². The van der Waals surface area contributed by atoms with Gasteiger partial charge in [-0.3, -0.25) is 9.79 Å². The van der Waals surface area contributed by atoms with E-state index in [0.717, 1.165) is 12.1 Å². The molecule has 118 valence electrons. The fourth-order valence-corrected chi connectivity index (χ4v) is 3.92. The molecule has 1 N–H and O–H groups in total. The lowest BCUT2D eigenvalue weighted by molar-refractivity contribution is -0.123. The third kappa shape index (κ3) is 3.55. The van der Waals surface area contributed by atoms with Gasteiger partial charge in [-0.05, 0) is 38.7 Å². The monoisotopic (exact) mass is 316 g/mol. The van der Waals surface area contributed by atoms with E-state index in [1.165, 1.54) is 33.7 Å². The molecule has 0 aromatic carbocycles. The van der Waals surface area contributed by atoms with Gasteiger partial charge in [-0.2, -0.15) is 0 Å². The largest absolute Gasteiger partial charge is 0.325 e. The summed E-state index contributed by atoms with van der Waals surface area (Å²) in [6, 6.07) is 0. The molecule has 0 atom stereocenters. The molecule has 22 heavy (non-hydrogen) atoms. The average Bonchev–Trinajstić information content (AvgIpc) is 3.01. The summed E-state index contributed by atoms with van der Waals surface area (Å²) in [7, 11) is 0. The van der Waals surface area contributed by atoms with Crippen molar-refractivity contribution in [3.05, 3.63) is 39.2 Å². The van der Waals surface area contributed by atoms with Crippen LogP contribution in [0.1, 0.15) is 48.1 Å². The van der Waals surface area contributed by atoms with E-state index < -0.39 is 0 Å². The van der Waals surface area contributed by atoms with Crippen molar-refractivity contribution in [1.29, 1.82) is 0 Å². The molecule has 1 heterocycles. The predicted molar refractivity (Wildman–Crippen MR) is 95.3 cm³/mol. The zero-order chi connectivity index (χ0) is 16.3. The van der Waals surface area contributed by atoms with Crippen molar-refractivity contribution in [2.24, 2.45) is 10.9 Å². The molecule has 4 heteroatoms. The number of aryl methyl sites for hydroxylation is 2. The maximum atomic E-state index is 11.7. The smallest absolute Gasteiger partial charge is 0.226 e. The third-order valence-corrected chi connectivity index (χ3v) is 5.00. The first-order valence-electron chi connectivity index (χ1n) is 7.75.